The molecule has 1 atom stereocenters. The summed E-state index contributed by atoms with van der Waals surface area (Å²) in [6, 6.07) is 4.80. The lowest BCUT2D eigenvalue weighted by molar-refractivity contribution is 0.249. The van der Waals surface area contributed by atoms with Gasteiger partial charge >= 0.3 is 6.03 Å². The predicted molar refractivity (Wildman–Crippen MR) is 86.1 cm³/mol. The van der Waals surface area contributed by atoms with E-state index in [0.717, 1.165) is 11.1 Å². The molecule has 0 bridgehead atoms. The van der Waals surface area contributed by atoms with Crippen LogP contribution in [0.25, 0.3) is 0 Å². The molecule has 23 heavy (non-hydrogen) atoms. The fraction of sp³-hybridized carbons (Fsp3) is 0.375. The van der Waals surface area contributed by atoms with E-state index in [-0.39, 0.29) is 12.1 Å². The first-order chi connectivity index (χ1) is 10.9. The highest BCUT2D eigenvalue weighted by atomic mass is 16.5. The maximum Gasteiger partial charge on any atom is 0.320 e. The minimum atomic E-state index is -0.361. The largest absolute Gasteiger partial charge is 0.493 e. The molecule has 2 N–H and O–H groups in total. The number of aromatic nitrogens is 1. The SMILES string of the molecule is COc1cc(C)c([C@@H](C)NC(=O)Nc2cc(C)on2)cc1OC. The van der Waals surface area contributed by atoms with Crippen LogP contribution in [-0.4, -0.2) is 25.4 Å². The minimum Gasteiger partial charge on any atom is -0.493 e. The van der Waals surface area contributed by atoms with Crippen molar-refractivity contribution in [3.05, 3.63) is 35.1 Å². The van der Waals surface area contributed by atoms with Crippen LogP contribution in [0.3, 0.4) is 0 Å². The number of hydrogen-bond acceptors (Lipinski definition) is 5. The molecule has 0 unspecified atom stereocenters. The Hall–Kier alpha value is -2.70. The molecule has 2 rings (SSSR count). The van der Waals surface area contributed by atoms with Crippen LogP contribution < -0.4 is 20.1 Å². The Morgan fingerprint density at radius 3 is 2.39 bits per heavy atom. The van der Waals surface area contributed by atoms with Crippen LogP contribution in [0, 0.1) is 13.8 Å². The second-order valence-electron chi connectivity index (χ2n) is 5.21. The lowest BCUT2D eigenvalue weighted by Gasteiger charge is -2.19. The summed E-state index contributed by atoms with van der Waals surface area (Å²) in [6.07, 6.45) is 0. The molecule has 0 spiro atoms. The van der Waals surface area contributed by atoms with Gasteiger partial charge in [0.05, 0.1) is 20.3 Å². The van der Waals surface area contributed by atoms with Crippen molar-refractivity contribution in [3.63, 3.8) is 0 Å². The monoisotopic (exact) mass is 319 g/mol. The number of benzene rings is 1. The van der Waals surface area contributed by atoms with Crippen LogP contribution in [0.5, 0.6) is 11.5 Å². The third-order valence-corrected chi connectivity index (χ3v) is 3.46. The van der Waals surface area contributed by atoms with Crippen molar-refractivity contribution in [1.82, 2.24) is 10.5 Å². The summed E-state index contributed by atoms with van der Waals surface area (Å²) < 4.78 is 15.5. The van der Waals surface area contributed by atoms with Gasteiger partial charge in [-0.1, -0.05) is 5.16 Å². The van der Waals surface area contributed by atoms with Gasteiger partial charge in [0.15, 0.2) is 17.3 Å². The Labute approximate surface area is 134 Å². The number of rotatable bonds is 5. The smallest absolute Gasteiger partial charge is 0.320 e. The molecule has 0 aliphatic carbocycles. The predicted octanol–water partition coefficient (Wildman–Crippen LogP) is 3.19. The second kappa shape index (κ2) is 7.04. The normalized spacial score (nSPS) is 11.7. The number of anilines is 1. The van der Waals surface area contributed by atoms with Gasteiger partial charge in [0.1, 0.15) is 5.76 Å². The number of hydrogen-bond donors (Lipinski definition) is 2. The molecule has 0 aliphatic rings. The lowest BCUT2D eigenvalue weighted by atomic mass is 10.0. The molecular formula is C16H21N3O4. The van der Waals surface area contributed by atoms with Gasteiger partial charge in [-0.2, -0.15) is 0 Å². The summed E-state index contributed by atoms with van der Waals surface area (Å²) in [7, 11) is 3.17. The van der Waals surface area contributed by atoms with E-state index < -0.39 is 0 Å². The molecule has 0 aliphatic heterocycles. The van der Waals surface area contributed by atoms with Gasteiger partial charge in [-0.05, 0) is 44.0 Å². The third kappa shape index (κ3) is 3.94. The quantitative estimate of drug-likeness (QED) is 0.884. The highest BCUT2D eigenvalue weighted by Crippen LogP contribution is 2.32. The third-order valence-electron chi connectivity index (χ3n) is 3.46. The van der Waals surface area contributed by atoms with Crippen molar-refractivity contribution in [2.45, 2.75) is 26.8 Å². The molecular weight excluding hydrogens is 298 g/mol. The van der Waals surface area contributed by atoms with E-state index >= 15 is 0 Å². The molecule has 7 nitrogen and oxygen atoms in total. The van der Waals surface area contributed by atoms with E-state index in [1.54, 1.807) is 27.2 Å². The minimum absolute atomic E-state index is 0.220. The Balaban J connectivity index is 2.10. The van der Waals surface area contributed by atoms with Crippen LogP contribution in [0.1, 0.15) is 29.9 Å². The Kier molecular flexibility index (Phi) is 5.10. The van der Waals surface area contributed by atoms with E-state index in [1.165, 1.54) is 0 Å². The fourth-order valence-corrected chi connectivity index (χ4v) is 2.31. The van der Waals surface area contributed by atoms with Crippen molar-refractivity contribution in [2.75, 3.05) is 19.5 Å². The first-order valence-corrected chi connectivity index (χ1v) is 7.18. The number of carbonyl (C=O) groups is 1. The van der Waals surface area contributed by atoms with Gasteiger partial charge in [-0.3, -0.25) is 5.32 Å². The molecule has 1 aromatic heterocycles. The molecule has 124 valence electrons. The summed E-state index contributed by atoms with van der Waals surface area (Å²) >= 11 is 0. The van der Waals surface area contributed by atoms with Crippen molar-refractivity contribution in [2.24, 2.45) is 0 Å². The van der Waals surface area contributed by atoms with E-state index in [9.17, 15) is 4.79 Å². The van der Waals surface area contributed by atoms with Crippen LogP contribution in [-0.2, 0) is 0 Å². The highest BCUT2D eigenvalue weighted by Gasteiger charge is 2.16. The Morgan fingerprint density at radius 2 is 1.83 bits per heavy atom. The fourth-order valence-electron chi connectivity index (χ4n) is 2.31. The van der Waals surface area contributed by atoms with Gasteiger partial charge in [0.25, 0.3) is 0 Å². The van der Waals surface area contributed by atoms with E-state index in [1.807, 2.05) is 26.0 Å². The van der Waals surface area contributed by atoms with Crippen LogP contribution in [0.4, 0.5) is 10.6 Å². The van der Waals surface area contributed by atoms with Crippen molar-refractivity contribution >= 4 is 11.8 Å². The maximum absolute atomic E-state index is 12.0. The molecule has 2 aromatic rings. The standard InChI is InChI=1S/C16H21N3O4/c1-9-6-13(21-4)14(22-5)8-12(9)11(3)17-16(20)18-15-7-10(2)23-19-15/h6-8,11H,1-5H3,(H2,17,18,19,20)/t11-/m1/s1. The molecule has 0 saturated heterocycles. The summed E-state index contributed by atoms with van der Waals surface area (Å²) in [4.78, 5) is 12.0. The number of nitrogens with zero attached hydrogens (tertiary/aromatic N) is 1. The van der Waals surface area contributed by atoms with Crippen LogP contribution in [0.15, 0.2) is 22.7 Å². The number of carbonyl (C=O) groups excluding carboxylic acids is 1. The molecule has 0 saturated carbocycles. The molecule has 0 fully saturated rings. The van der Waals surface area contributed by atoms with E-state index in [0.29, 0.717) is 23.1 Å². The van der Waals surface area contributed by atoms with Crippen molar-refractivity contribution in [1.29, 1.82) is 0 Å². The van der Waals surface area contributed by atoms with Gasteiger partial charge < -0.3 is 19.3 Å². The van der Waals surface area contributed by atoms with Crippen molar-refractivity contribution < 1.29 is 18.8 Å². The van der Waals surface area contributed by atoms with E-state index in [2.05, 4.69) is 15.8 Å². The molecule has 0 radical (unpaired) electrons. The Morgan fingerprint density at radius 1 is 1.17 bits per heavy atom. The van der Waals surface area contributed by atoms with Gasteiger partial charge in [0, 0.05) is 6.07 Å². The number of aryl methyl sites for hydroxylation is 2. The number of nitrogens with one attached hydrogen (secondary N) is 2. The van der Waals surface area contributed by atoms with E-state index in [4.69, 9.17) is 14.0 Å². The zero-order valence-corrected chi connectivity index (χ0v) is 13.9. The van der Waals surface area contributed by atoms with Gasteiger partial charge in [-0.25, -0.2) is 4.79 Å². The topological polar surface area (TPSA) is 85.6 Å². The number of methoxy groups -OCH3 is 2. The molecule has 1 aromatic carbocycles. The van der Waals surface area contributed by atoms with Crippen LogP contribution in [0.2, 0.25) is 0 Å². The number of urea groups is 1. The van der Waals surface area contributed by atoms with Crippen LogP contribution >= 0.6 is 0 Å². The molecule has 1 heterocycles. The average Bonchev–Trinajstić information content (AvgIpc) is 2.91. The molecule has 7 heteroatoms. The zero-order chi connectivity index (χ0) is 17.0. The summed E-state index contributed by atoms with van der Waals surface area (Å²) in [5.41, 5.74) is 1.93. The highest BCUT2D eigenvalue weighted by molar-refractivity contribution is 5.88. The summed E-state index contributed by atoms with van der Waals surface area (Å²) in [5.74, 6) is 2.28. The number of amides is 2. The Bertz CT molecular complexity index is 697. The zero-order valence-electron chi connectivity index (χ0n) is 13.9. The summed E-state index contributed by atoms with van der Waals surface area (Å²) in [5, 5.41) is 9.20. The summed E-state index contributed by atoms with van der Waals surface area (Å²) in [6.45, 7) is 5.60. The van der Waals surface area contributed by atoms with Gasteiger partial charge in [0.2, 0.25) is 0 Å². The maximum atomic E-state index is 12.0. The first-order valence-electron chi connectivity index (χ1n) is 7.18. The second-order valence-corrected chi connectivity index (χ2v) is 5.21. The molecule has 2 amide bonds. The number of ether oxygens (including phenoxy) is 2. The van der Waals surface area contributed by atoms with Gasteiger partial charge in [-0.15, -0.1) is 0 Å². The van der Waals surface area contributed by atoms with Crippen molar-refractivity contribution in [3.8, 4) is 11.5 Å². The lowest BCUT2D eigenvalue weighted by Crippen LogP contribution is -2.31. The first kappa shape index (κ1) is 16.7. The average molecular weight is 319 g/mol.